The molecule has 0 spiro atoms. The molecule has 100 valence electrons. The fourth-order valence-electron chi connectivity index (χ4n) is 1.55. The first-order valence-corrected chi connectivity index (χ1v) is 5.54. The van der Waals surface area contributed by atoms with Gasteiger partial charge in [-0.25, -0.2) is 9.18 Å². The Morgan fingerprint density at radius 1 is 1.42 bits per heavy atom. The van der Waals surface area contributed by atoms with Crippen LogP contribution in [0, 0.1) is 5.82 Å². The molecule has 1 aromatic carbocycles. The lowest BCUT2D eigenvalue weighted by atomic mass is 10.1. The summed E-state index contributed by atoms with van der Waals surface area (Å²) >= 11 is 0. The molecule has 0 saturated heterocycles. The summed E-state index contributed by atoms with van der Waals surface area (Å²) in [4.78, 5) is 27.0. The van der Waals surface area contributed by atoms with Crippen LogP contribution in [0.2, 0.25) is 0 Å². The monoisotopic (exact) mass is 266 g/mol. The van der Waals surface area contributed by atoms with Crippen LogP contribution in [0.5, 0.6) is 0 Å². The number of carboxylic acids is 1. The molecule has 0 fully saturated rings. The maximum Gasteiger partial charge on any atom is 0.353 e. The molecule has 1 heterocycles. The highest BCUT2D eigenvalue weighted by Crippen LogP contribution is 2.11. The van der Waals surface area contributed by atoms with Gasteiger partial charge in [-0.2, -0.15) is 0 Å². The molecule has 6 nitrogen and oxygen atoms in total. The molecule has 7 heteroatoms. The Bertz CT molecular complexity index is 527. The summed E-state index contributed by atoms with van der Waals surface area (Å²) in [6, 6.07) is 5.67. The number of hydrogen-bond donors (Lipinski definition) is 2. The van der Waals surface area contributed by atoms with E-state index in [9.17, 15) is 14.0 Å². The van der Waals surface area contributed by atoms with Crippen molar-refractivity contribution in [1.29, 1.82) is 0 Å². The van der Waals surface area contributed by atoms with E-state index in [4.69, 9.17) is 9.94 Å². The van der Waals surface area contributed by atoms with Crippen LogP contribution in [0.4, 0.5) is 4.39 Å². The van der Waals surface area contributed by atoms with Gasteiger partial charge in [0, 0.05) is 13.0 Å². The lowest BCUT2D eigenvalue weighted by molar-refractivity contribution is -0.131. The van der Waals surface area contributed by atoms with E-state index in [1.807, 2.05) is 0 Å². The van der Waals surface area contributed by atoms with Crippen LogP contribution in [0.3, 0.4) is 0 Å². The average molecular weight is 266 g/mol. The zero-order chi connectivity index (χ0) is 13.8. The zero-order valence-corrected chi connectivity index (χ0v) is 9.80. The molecule has 19 heavy (non-hydrogen) atoms. The molecular formula is C12H11FN2O4. The Hall–Kier alpha value is -2.44. The molecule has 2 N–H and O–H groups in total. The first-order chi connectivity index (χ1) is 9.06. The standard InChI is InChI=1S/C12H11FN2O4/c13-8-3-1-7(2-4-8)6-14-11(16)10-5-9(12(17)18)15-19-10/h1-4,10H,5-6H2,(H,14,16)(H,17,18). The summed E-state index contributed by atoms with van der Waals surface area (Å²) in [5.41, 5.74) is 0.550. The molecule has 0 radical (unpaired) electrons. The van der Waals surface area contributed by atoms with Gasteiger partial charge < -0.3 is 15.3 Å². The van der Waals surface area contributed by atoms with Gasteiger partial charge in [0.05, 0.1) is 0 Å². The highest BCUT2D eigenvalue weighted by molar-refractivity contribution is 6.36. The second-order valence-corrected chi connectivity index (χ2v) is 3.99. The van der Waals surface area contributed by atoms with E-state index in [1.54, 1.807) is 12.1 Å². The summed E-state index contributed by atoms with van der Waals surface area (Å²) in [6.07, 6.45) is -0.989. The second kappa shape index (κ2) is 5.47. The first kappa shape index (κ1) is 13.0. The van der Waals surface area contributed by atoms with E-state index < -0.39 is 18.0 Å². The number of hydrogen-bond acceptors (Lipinski definition) is 4. The van der Waals surface area contributed by atoms with Crippen LogP contribution in [-0.4, -0.2) is 28.8 Å². The summed E-state index contributed by atoms with van der Waals surface area (Å²) in [5.74, 6) is -2.01. The predicted molar refractivity (Wildman–Crippen MR) is 62.8 cm³/mol. The topological polar surface area (TPSA) is 88.0 Å². The number of rotatable bonds is 4. The second-order valence-electron chi connectivity index (χ2n) is 3.99. The number of aliphatic carboxylic acids is 1. The van der Waals surface area contributed by atoms with Gasteiger partial charge in [0.1, 0.15) is 5.82 Å². The molecule has 2 rings (SSSR count). The minimum Gasteiger partial charge on any atom is -0.477 e. The molecule has 1 aromatic rings. The molecule has 0 bridgehead atoms. The van der Waals surface area contributed by atoms with Crippen molar-refractivity contribution in [3.63, 3.8) is 0 Å². The highest BCUT2D eigenvalue weighted by atomic mass is 19.1. The highest BCUT2D eigenvalue weighted by Gasteiger charge is 2.31. The fourth-order valence-corrected chi connectivity index (χ4v) is 1.55. The third kappa shape index (κ3) is 3.27. The average Bonchev–Trinajstić information content (AvgIpc) is 2.87. The minimum absolute atomic E-state index is 0.0649. The van der Waals surface area contributed by atoms with Crippen molar-refractivity contribution < 1.29 is 23.9 Å². The molecule has 0 aliphatic carbocycles. The van der Waals surface area contributed by atoms with Crippen molar-refractivity contribution in [3.8, 4) is 0 Å². The van der Waals surface area contributed by atoms with Crippen LogP contribution >= 0.6 is 0 Å². The lowest BCUT2D eigenvalue weighted by Gasteiger charge is -2.09. The third-order valence-electron chi connectivity index (χ3n) is 2.59. The van der Waals surface area contributed by atoms with Crippen molar-refractivity contribution in [2.45, 2.75) is 19.1 Å². The summed E-state index contributed by atoms with van der Waals surface area (Å²) < 4.78 is 12.7. The van der Waals surface area contributed by atoms with Gasteiger partial charge in [-0.3, -0.25) is 4.79 Å². The number of benzene rings is 1. The van der Waals surface area contributed by atoms with E-state index in [2.05, 4.69) is 10.5 Å². The van der Waals surface area contributed by atoms with Crippen LogP contribution in [-0.2, 0) is 21.0 Å². The molecule has 1 aliphatic rings. The van der Waals surface area contributed by atoms with E-state index in [1.165, 1.54) is 12.1 Å². The summed E-state index contributed by atoms with van der Waals surface area (Å²) in [6.45, 7) is 0.210. The van der Waals surface area contributed by atoms with Crippen molar-refractivity contribution in [1.82, 2.24) is 5.32 Å². The van der Waals surface area contributed by atoms with E-state index in [0.717, 1.165) is 5.56 Å². The Labute approximate surface area is 107 Å². The quantitative estimate of drug-likeness (QED) is 0.838. The number of carbonyl (C=O) groups is 2. The van der Waals surface area contributed by atoms with Gasteiger partial charge in [-0.15, -0.1) is 0 Å². The van der Waals surface area contributed by atoms with E-state index >= 15 is 0 Å². The minimum atomic E-state index is -1.20. The summed E-state index contributed by atoms with van der Waals surface area (Å²) in [5, 5.41) is 14.5. The van der Waals surface area contributed by atoms with Crippen LogP contribution in [0.1, 0.15) is 12.0 Å². The number of carbonyl (C=O) groups excluding carboxylic acids is 1. The lowest BCUT2D eigenvalue weighted by Crippen LogP contribution is -2.34. The maximum absolute atomic E-state index is 12.7. The van der Waals surface area contributed by atoms with Crippen LogP contribution in [0.15, 0.2) is 29.4 Å². The van der Waals surface area contributed by atoms with Crippen molar-refractivity contribution in [3.05, 3.63) is 35.6 Å². The van der Waals surface area contributed by atoms with Crippen molar-refractivity contribution >= 4 is 17.6 Å². The fraction of sp³-hybridized carbons (Fsp3) is 0.250. The zero-order valence-electron chi connectivity index (χ0n) is 9.80. The molecule has 0 aromatic heterocycles. The first-order valence-electron chi connectivity index (χ1n) is 5.54. The Morgan fingerprint density at radius 2 is 2.11 bits per heavy atom. The van der Waals surface area contributed by atoms with E-state index in [0.29, 0.717) is 0 Å². The SMILES string of the molecule is O=C(O)C1=NOC(C(=O)NCc2ccc(F)cc2)C1. The number of nitrogens with one attached hydrogen (secondary N) is 1. The number of amides is 1. The van der Waals surface area contributed by atoms with Gasteiger partial charge >= 0.3 is 5.97 Å². The van der Waals surface area contributed by atoms with Crippen LogP contribution in [0.25, 0.3) is 0 Å². The van der Waals surface area contributed by atoms with Gasteiger partial charge in [0.2, 0.25) is 6.10 Å². The Kier molecular flexibility index (Phi) is 3.74. The van der Waals surface area contributed by atoms with Gasteiger partial charge in [0.25, 0.3) is 5.91 Å². The molecule has 1 amide bonds. The van der Waals surface area contributed by atoms with Gasteiger partial charge in [-0.1, -0.05) is 17.3 Å². The molecule has 1 aliphatic heterocycles. The maximum atomic E-state index is 12.7. The predicted octanol–water partition coefficient (Wildman–Crippen LogP) is 0.671. The molecule has 0 saturated carbocycles. The molecular weight excluding hydrogens is 255 g/mol. The Morgan fingerprint density at radius 3 is 2.68 bits per heavy atom. The van der Waals surface area contributed by atoms with Gasteiger partial charge in [-0.05, 0) is 17.7 Å². The number of halogens is 1. The Balaban J connectivity index is 1.83. The molecule has 1 atom stereocenters. The number of nitrogens with zero attached hydrogens (tertiary/aromatic N) is 1. The van der Waals surface area contributed by atoms with Gasteiger partial charge in [0.15, 0.2) is 5.71 Å². The largest absolute Gasteiger partial charge is 0.477 e. The normalized spacial score (nSPS) is 17.5. The summed E-state index contributed by atoms with van der Waals surface area (Å²) in [7, 11) is 0. The number of carboxylic acid groups (broad SMARTS) is 1. The van der Waals surface area contributed by atoms with E-state index in [-0.39, 0.29) is 24.5 Å². The number of oxime groups is 1. The molecule has 1 unspecified atom stereocenters. The van der Waals surface area contributed by atoms with Crippen LogP contribution < -0.4 is 5.32 Å². The third-order valence-corrected chi connectivity index (χ3v) is 2.59. The van der Waals surface area contributed by atoms with Crippen molar-refractivity contribution in [2.24, 2.45) is 5.16 Å². The van der Waals surface area contributed by atoms with Crippen molar-refractivity contribution in [2.75, 3.05) is 0 Å². The smallest absolute Gasteiger partial charge is 0.353 e.